The van der Waals surface area contributed by atoms with Crippen LogP contribution in [0.4, 0.5) is 0 Å². The van der Waals surface area contributed by atoms with E-state index in [0.29, 0.717) is 80.3 Å². The normalized spacial score (nSPS) is 36.4. The molecule has 1 saturated heterocycles. The average Bonchev–Trinajstić information content (AvgIpc) is 1.56. The molecule has 5 aromatic rings. The summed E-state index contributed by atoms with van der Waals surface area (Å²) in [5.41, 5.74) is 2.91. The number of hydrogen-bond acceptors (Lipinski definition) is 15. The molecule has 6 aliphatic carbocycles. The molecular formula is C82H99N3O14. The number of hydrogen-bond donors (Lipinski definition) is 9. The molecule has 99 heavy (non-hydrogen) atoms. The number of fused-ring (bicyclic) bond motifs is 7. The highest BCUT2D eigenvalue weighted by atomic mass is 16.7. The third-order valence-corrected chi connectivity index (χ3v) is 26.6. The highest BCUT2D eigenvalue weighted by molar-refractivity contribution is 5.92. The second-order valence-electron chi connectivity index (χ2n) is 31.5. The molecule has 5 saturated carbocycles. The van der Waals surface area contributed by atoms with Crippen molar-refractivity contribution >= 4 is 16.7 Å². The predicted octanol–water partition coefficient (Wildman–Crippen LogP) is 10.9. The van der Waals surface area contributed by atoms with Gasteiger partial charge in [0.2, 0.25) is 6.29 Å². The van der Waals surface area contributed by atoms with E-state index >= 15 is 0 Å². The van der Waals surface area contributed by atoms with E-state index in [4.69, 9.17) is 23.7 Å². The molecule has 17 heteroatoms. The summed E-state index contributed by atoms with van der Waals surface area (Å²) in [5, 5.41) is 115. The Morgan fingerprint density at radius 3 is 2.54 bits per heavy atom. The maximum atomic E-state index is 14.4. The number of ether oxygens (including phenoxy) is 5. The number of nitrogens with one attached hydrogen (secondary N) is 1. The summed E-state index contributed by atoms with van der Waals surface area (Å²) < 4.78 is 36.6. The number of carboxylic acid groups (broad SMARTS) is 1. The first-order valence-electron chi connectivity index (χ1n) is 37.0. The number of aliphatic hydroxyl groups excluding tert-OH is 6. The second kappa shape index (κ2) is 27.6. The first kappa shape index (κ1) is 68.2. The van der Waals surface area contributed by atoms with Gasteiger partial charge < -0.3 is 74.4 Å². The molecule has 21 unspecified atom stereocenters. The van der Waals surface area contributed by atoms with E-state index in [1.165, 1.54) is 21.9 Å². The van der Waals surface area contributed by atoms with Gasteiger partial charge in [-0.15, -0.1) is 6.58 Å². The summed E-state index contributed by atoms with van der Waals surface area (Å²) in [6.07, 6.45) is 15.6. The number of aromatic carboxylic acids is 1. The number of carbonyl (C=O) groups is 1. The van der Waals surface area contributed by atoms with Gasteiger partial charge in [0.1, 0.15) is 42.3 Å². The van der Waals surface area contributed by atoms with Gasteiger partial charge in [0, 0.05) is 69.7 Å². The number of rotatable bonds is 20. The van der Waals surface area contributed by atoms with Gasteiger partial charge in [-0.2, -0.15) is 5.26 Å². The molecule has 16 rings (SSSR count). The lowest BCUT2D eigenvalue weighted by Gasteiger charge is -2.56. The molecule has 11 aliphatic rings. The van der Waals surface area contributed by atoms with E-state index in [0.717, 1.165) is 80.0 Å². The number of methoxy groups -OCH3 is 1. The van der Waals surface area contributed by atoms with Crippen molar-refractivity contribution in [2.45, 2.75) is 225 Å². The monoisotopic (exact) mass is 1350 g/mol. The Morgan fingerprint density at radius 1 is 0.929 bits per heavy atom. The van der Waals surface area contributed by atoms with Gasteiger partial charge in [-0.3, -0.25) is 0 Å². The average molecular weight is 1350 g/mol. The maximum absolute atomic E-state index is 14.4. The number of benzene rings is 4. The van der Waals surface area contributed by atoms with Crippen molar-refractivity contribution < 1.29 is 69.3 Å². The summed E-state index contributed by atoms with van der Waals surface area (Å²) in [5.74, 6) is 3.03. The summed E-state index contributed by atoms with van der Waals surface area (Å²) in [6, 6.07) is 27.2. The maximum Gasteiger partial charge on any atom is 0.335 e. The lowest BCUT2D eigenvalue weighted by Crippen LogP contribution is -2.71. The fourth-order valence-corrected chi connectivity index (χ4v) is 22.6. The van der Waals surface area contributed by atoms with Crippen LogP contribution < -0.4 is 10.1 Å². The van der Waals surface area contributed by atoms with Crippen LogP contribution in [0.2, 0.25) is 0 Å². The second-order valence-corrected chi connectivity index (χ2v) is 31.5. The highest BCUT2D eigenvalue weighted by Gasteiger charge is 2.72. The van der Waals surface area contributed by atoms with Gasteiger partial charge in [0.15, 0.2) is 5.60 Å². The third kappa shape index (κ3) is 11.9. The van der Waals surface area contributed by atoms with Crippen LogP contribution in [0.25, 0.3) is 10.8 Å². The summed E-state index contributed by atoms with van der Waals surface area (Å²) in [6.45, 7) is 3.95. The van der Waals surface area contributed by atoms with Gasteiger partial charge in [-0.1, -0.05) is 79.8 Å². The Kier molecular flexibility index (Phi) is 19.0. The molecule has 5 aliphatic heterocycles. The van der Waals surface area contributed by atoms with E-state index in [1.54, 1.807) is 37.7 Å². The predicted molar refractivity (Wildman–Crippen MR) is 371 cm³/mol. The minimum Gasteiger partial charge on any atom is -0.482 e. The molecule has 6 fully saturated rings. The number of aromatic nitrogens is 1. The lowest BCUT2D eigenvalue weighted by atomic mass is 9.50. The zero-order valence-electron chi connectivity index (χ0n) is 57.0. The van der Waals surface area contributed by atoms with Crippen LogP contribution in [0.5, 0.6) is 5.75 Å². The first-order chi connectivity index (χ1) is 48.1. The Bertz CT molecular complexity index is 3940. The Balaban J connectivity index is 0.865. The number of aliphatic hydroxyl groups is 7. The topological polar surface area (TPSA) is 266 Å². The summed E-state index contributed by atoms with van der Waals surface area (Å²) in [7, 11) is 1.62. The molecule has 4 aromatic carbocycles. The fourth-order valence-electron chi connectivity index (χ4n) is 22.6. The molecular weight excluding hydrogens is 1250 g/mol. The zero-order valence-corrected chi connectivity index (χ0v) is 57.0. The van der Waals surface area contributed by atoms with Crippen LogP contribution in [0, 0.1) is 69.7 Å². The van der Waals surface area contributed by atoms with Gasteiger partial charge >= 0.3 is 5.97 Å². The highest BCUT2D eigenvalue weighted by Crippen LogP contribution is 2.75. The smallest absolute Gasteiger partial charge is 0.335 e. The van der Waals surface area contributed by atoms with E-state index in [2.05, 4.69) is 66.4 Å². The molecule has 3 spiro atoms. The van der Waals surface area contributed by atoms with Crippen LogP contribution in [-0.4, -0.2) is 138 Å². The minimum atomic E-state index is -1.96. The van der Waals surface area contributed by atoms with Crippen LogP contribution in [0.15, 0.2) is 116 Å². The van der Waals surface area contributed by atoms with Gasteiger partial charge in [-0.25, -0.2) is 4.79 Å². The van der Waals surface area contributed by atoms with E-state index in [-0.39, 0.29) is 105 Å². The number of nitriles is 1. The summed E-state index contributed by atoms with van der Waals surface area (Å²) >= 11 is 0. The van der Waals surface area contributed by atoms with Gasteiger partial charge in [0.05, 0.1) is 60.0 Å². The van der Waals surface area contributed by atoms with Gasteiger partial charge in [-0.05, 0) is 223 Å². The van der Waals surface area contributed by atoms with Crippen molar-refractivity contribution in [2.75, 3.05) is 26.9 Å². The van der Waals surface area contributed by atoms with Crippen molar-refractivity contribution in [3.63, 3.8) is 0 Å². The van der Waals surface area contributed by atoms with E-state index < -0.39 is 77.5 Å². The van der Waals surface area contributed by atoms with Crippen LogP contribution in [-0.2, 0) is 38.2 Å². The third-order valence-electron chi connectivity index (χ3n) is 26.6. The Labute approximate surface area is 581 Å². The Hall–Kier alpha value is -6.58. The molecule has 0 radical (unpaired) electrons. The minimum absolute atomic E-state index is 0.0278. The first-order valence-corrected chi connectivity index (χ1v) is 37.0. The Morgan fingerprint density at radius 2 is 1.77 bits per heavy atom. The van der Waals surface area contributed by atoms with Crippen molar-refractivity contribution in [1.29, 1.82) is 5.26 Å². The van der Waals surface area contributed by atoms with E-state index in [9.17, 15) is 50.9 Å². The largest absolute Gasteiger partial charge is 0.482 e. The van der Waals surface area contributed by atoms with Crippen molar-refractivity contribution in [2.24, 2.45) is 46.3 Å². The van der Waals surface area contributed by atoms with Crippen molar-refractivity contribution in [3.8, 4) is 23.8 Å². The molecule has 3 bridgehead atoms. The lowest BCUT2D eigenvalue weighted by molar-refractivity contribution is -0.337. The van der Waals surface area contributed by atoms with Crippen LogP contribution in [0.3, 0.4) is 0 Å². The number of nitrogens with zero attached hydrogens (tertiary/aromatic N) is 2. The molecule has 21 atom stereocenters. The molecule has 526 valence electrons. The van der Waals surface area contributed by atoms with Crippen molar-refractivity contribution in [1.82, 2.24) is 9.88 Å². The molecule has 9 N–H and O–H groups in total. The zero-order chi connectivity index (χ0) is 68.5. The van der Waals surface area contributed by atoms with Crippen LogP contribution in [0.1, 0.15) is 195 Å². The molecule has 0 amide bonds. The standard InChI is InChI=1S/C82H99N3O14/c1-3-10-49-22-25-58(38-55(49)37-56(46-95-2)65(45-87)85-34-31-48(43-83)44-85)97-78-82-42-63(66(88)16-9-36-96-68(17-8-35-86)75(98-78)74(90)76(82)91)79(33-30-69-80(94,47-79)41-62-60(28-24-57-15-7-32-81(57,62)69)50-18-20-53(21-19-50)77(92)93)40-59(99-82)26-29-64-71(51-11-4-5-12-51)61-27-23-52-13-6-14-54-39-67(89)73(84-64)72(61)70(52)54/h3,6,13-14,18-23,25,27,31,34,38,40,44,51,56-57,60,62-69,71,73-76,78,84,86-91,94H,1,4-5,7-8,10-12,15-17,24,26,28-30,32-33,35,37,39,41-42,45-47H2,2H3,(H,92,93). The molecule has 6 heterocycles. The fraction of sp³-hybridized carbons (Fsp3) is 0.585. The van der Waals surface area contributed by atoms with Gasteiger partial charge in [0.25, 0.3) is 0 Å². The summed E-state index contributed by atoms with van der Waals surface area (Å²) in [4.78, 5) is 12.2. The van der Waals surface area contributed by atoms with E-state index in [1.807, 2.05) is 41.0 Å². The molecule has 1 aromatic heterocycles. The molecule has 17 nitrogen and oxygen atoms in total. The SMILES string of the molecule is C=CCc1ccc(OC2OC3C(CCCO)OC#CCC(O)C4CC2(OC(CCC2NC5c6c(ccc7cccc(c67)CC5O)C2C2CCCC2)=CC42CCC4C(O)(CC5C(c6ccc(C(=O)O)cc6)CCC6CCCC654)C2)C(O)C3O)cc1CC(COC)C(CO)n1ccc(C#N)c1. The number of carboxylic acids is 1. The van der Waals surface area contributed by atoms with Crippen LogP contribution >= 0.6 is 0 Å². The quantitative estimate of drug-likeness (QED) is 0.0259. The number of allylic oxidation sites excluding steroid dienone is 3. The van der Waals surface area contributed by atoms with Crippen molar-refractivity contribution in [3.05, 3.63) is 160 Å².